The number of fused-ring (bicyclic) bond motifs is 2. The lowest BCUT2D eigenvalue weighted by Gasteiger charge is -2.24. The van der Waals surface area contributed by atoms with Crippen LogP contribution in [0.5, 0.6) is 0 Å². The van der Waals surface area contributed by atoms with E-state index in [9.17, 15) is 19.7 Å². The van der Waals surface area contributed by atoms with E-state index in [1.807, 2.05) is 67.6 Å². The van der Waals surface area contributed by atoms with Crippen LogP contribution in [0.3, 0.4) is 0 Å². The number of nitro groups is 1. The molecule has 10 heteroatoms. The molecule has 1 aliphatic heterocycles. The number of non-ortho nitro benzene ring substituents is 1. The Morgan fingerprint density at radius 1 is 1.05 bits per heavy atom. The van der Waals surface area contributed by atoms with Gasteiger partial charge in [0.05, 0.1) is 33.4 Å². The molecule has 0 unspecified atom stereocenters. The third-order valence-corrected chi connectivity index (χ3v) is 8.66. The highest BCUT2D eigenvalue weighted by atomic mass is 32.1. The Morgan fingerprint density at radius 3 is 2.44 bits per heavy atom. The maximum absolute atomic E-state index is 14.1. The van der Waals surface area contributed by atoms with Gasteiger partial charge in [0.2, 0.25) is 0 Å². The molecule has 6 rings (SSSR count). The van der Waals surface area contributed by atoms with Gasteiger partial charge in [-0.1, -0.05) is 72.0 Å². The number of esters is 1. The quantitative estimate of drug-likeness (QED) is 0.150. The standard InChI is InChI=1S/C33H28N4O5S/c1-4-42-32(39)29-20(2)34-33-36(30(29)23-10-6-5-7-11-23)31(38)28(43-33)18-26-21(3)35(27-13-9-8-12-25(26)27)19-22-14-16-24(17-15-22)37(40)41/h5-18,30H,4,19H2,1-3H3/b28-18-/t30-/m0/s1. The number of hydrogen-bond acceptors (Lipinski definition) is 7. The van der Waals surface area contributed by atoms with Gasteiger partial charge in [0.15, 0.2) is 4.80 Å². The Labute approximate surface area is 250 Å². The van der Waals surface area contributed by atoms with Crippen LogP contribution in [-0.4, -0.2) is 26.6 Å². The molecule has 2 aromatic heterocycles. The van der Waals surface area contributed by atoms with Crippen LogP contribution >= 0.6 is 11.3 Å². The number of ether oxygens (including phenoxy) is 1. The highest BCUT2D eigenvalue weighted by Crippen LogP contribution is 2.31. The molecular formula is C33H28N4O5S. The van der Waals surface area contributed by atoms with Crippen molar-refractivity contribution in [2.24, 2.45) is 4.99 Å². The number of thiazole rings is 1. The van der Waals surface area contributed by atoms with E-state index in [0.717, 1.165) is 33.3 Å². The van der Waals surface area contributed by atoms with Gasteiger partial charge in [-0.05, 0) is 44.0 Å². The van der Waals surface area contributed by atoms with E-state index >= 15 is 0 Å². The van der Waals surface area contributed by atoms with Crippen LogP contribution in [0.15, 0.2) is 99.9 Å². The fourth-order valence-corrected chi connectivity index (χ4v) is 6.65. The van der Waals surface area contributed by atoms with Gasteiger partial charge in [0.1, 0.15) is 0 Å². The van der Waals surface area contributed by atoms with Gasteiger partial charge in [-0.3, -0.25) is 19.5 Å². The van der Waals surface area contributed by atoms with Crippen molar-refractivity contribution in [2.45, 2.75) is 33.4 Å². The highest BCUT2D eigenvalue weighted by molar-refractivity contribution is 7.07. The Hall–Kier alpha value is -5.09. The number of hydrogen-bond donors (Lipinski definition) is 0. The molecule has 216 valence electrons. The first-order valence-corrected chi connectivity index (χ1v) is 14.7. The molecular weight excluding hydrogens is 564 g/mol. The molecule has 0 bridgehead atoms. The van der Waals surface area contributed by atoms with Gasteiger partial charge in [-0.25, -0.2) is 9.79 Å². The molecule has 1 atom stereocenters. The second-order valence-corrected chi connectivity index (χ2v) is 11.2. The Morgan fingerprint density at radius 2 is 1.74 bits per heavy atom. The second-order valence-electron chi connectivity index (χ2n) is 10.2. The van der Waals surface area contributed by atoms with Crippen molar-refractivity contribution >= 4 is 40.0 Å². The van der Waals surface area contributed by atoms with Crippen molar-refractivity contribution in [1.82, 2.24) is 9.13 Å². The van der Waals surface area contributed by atoms with Crippen LogP contribution in [0.2, 0.25) is 0 Å². The first-order chi connectivity index (χ1) is 20.8. The SMILES string of the molecule is CCOC(=O)C1=C(C)N=c2s/c(=C\c3c(C)n(Cc4ccc([N+](=O)[O-])cc4)c4ccccc34)c(=O)n2[C@H]1c1ccccc1. The van der Waals surface area contributed by atoms with Crippen molar-refractivity contribution in [3.8, 4) is 0 Å². The minimum absolute atomic E-state index is 0.0454. The Kier molecular flexibility index (Phi) is 7.37. The lowest BCUT2D eigenvalue weighted by atomic mass is 9.96. The number of para-hydroxylation sites is 1. The van der Waals surface area contributed by atoms with E-state index in [1.165, 1.54) is 23.5 Å². The summed E-state index contributed by atoms with van der Waals surface area (Å²) in [5, 5.41) is 12.1. The summed E-state index contributed by atoms with van der Waals surface area (Å²) in [5.41, 5.74) is 5.24. The summed E-state index contributed by atoms with van der Waals surface area (Å²) < 4.78 is 9.62. The summed E-state index contributed by atoms with van der Waals surface area (Å²) in [4.78, 5) is 43.1. The number of rotatable bonds is 7. The van der Waals surface area contributed by atoms with E-state index in [0.29, 0.717) is 27.1 Å². The largest absolute Gasteiger partial charge is 0.463 e. The van der Waals surface area contributed by atoms with Crippen LogP contribution in [0.4, 0.5) is 5.69 Å². The maximum Gasteiger partial charge on any atom is 0.338 e. The van der Waals surface area contributed by atoms with Crippen LogP contribution < -0.4 is 14.9 Å². The lowest BCUT2D eigenvalue weighted by Crippen LogP contribution is -2.39. The van der Waals surface area contributed by atoms with Crippen LogP contribution in [0.1, 0.15) is 42.3 Å². The molecule has 0 N–H and O–H groups in total. The van der Waals surface area contributed by atoms with E-state index in [2.05, 4.69) is 9.56 Å². The van der Waals surface area contributed by atoms with Gasteiger partial charge in [0, 0.05) is 40.8 Å². The number of carbonyl (C=O) groups excluding carboxylic acids is 1. The van der Waals surface area contributed by atoms with Gasteiger partial charge >= 0.3 is 5.97 Å². The molecule has 1 aliphatic rings. The number of allylic oxidation sites excluding steroid dienone is 1. The summed E-state index contributed by atoms with van der Waals surface area (Å²) in [5.74, 6) is -0.489. The van der Waals surface area contributed by atoms with Gasteiger partial charge in [-0.2, -0.15) is 0 Å². The first kappa shape index (κ1) is 28.0. The zero-order valence-corrected chi connectivity index (χ0v) is 24.6. The van der Waals surface area contributed by atoms with E-state index in [-0.39, 0.29) is 17.9 Å². The zero-order valence-electron chi connectivity index (χ0n) is 23.8. The maximum atomic E-state index is 14.1. The average Bonchev–Trinajstić information content (AvgIpc) is 3.45. The fourth-order valence-electron chi connectivity index (χ4n) is 5.62. The topological polar surface area (TPSA) is 109 Å². The summed E-state index contributed by atoms with van der Waals surface area (Å²) in [7, 11) is 0. The molecule has 0 saturated heterocycles. The van der Waals surface area contributed by atoms with Crippen molar-refractivity contribution in [3.05, 3.63) is 142 Å². The third kappa shape index (κ3) is 4.99. The van der Waals surface area contributed by atoms with Crippen molar-refractivity contribution < 1.29 is 14.5 Å². The third-order valence-electron chi connectivity index (χ3n) is 7.68. The molecule has 3 heterocycles. The number of carbonyl (C=O) groups is 1. The second kappa shape index (κ2) is 11.3. The molecule has 3 aromatic carbocycles. The average molecular weight is 593 g/mol. The van der Waals surface area contributed by atoms with Crippen LogP contribution in [0.25, 0.3) is 17.0 Å². The Balaban J connectivity index is 1.51. The lowest BCUT2D eigenvalue weighted by molar-refractivity contribution is -0.384. The fraction of sp³-hybridized carbons (Fsp3) is 0.182. The molecule has 0 fully saturated rings. The number of nitro benzene ring substituents is 1. The van der Waals surface area contributed by atoms with Crippen molar-refractivity contribution in [1.29, 1.82) is 0 Å². The van der Waals surface area contributed by atoms with E-state index in [4.69, 9.17) is 4.74 Å². The molecule has 5 aromatic rings. The molecule has 43 heavy (non-hydrogen) atoms. The van der Waals surface area contributed by atoms with E-state index in [1.54, 1.807) is 30.5 Å². The van der Waals surface area contributed by atoms with Gasteiger partial charge < -0.3 is 9.30 Å². The molecule has 0 saturated carbocycles. The van der Waals surface area contributed by atoms with Gasteiger partial charge in [-0.15, -0.1) is 0 Å². The molecule has 0 amide bonds. The molecule has 0 radical (unpaired) electrons. The summed E-state index contributed by atoms with van der Waals surface area (Å²) >= 11 is 1.29. The van der Waals surface area contributed by atoms with Crippen LogP contribution in [-0.2, 0) is 16.1 Å². The minimum atomic E-state index is -0.664. The summed E-state index contributed by atoms with van der Waals surface area (Å²) in [6, 6.07) is 23.3. The molecule has 0 spiro atoms. The van der Waals surface area contributed by atoms with Crippen molar-refractivity contribution in [3.63, 3.8) is 0 Å². The highest BCUT2D eigenvalue weighted by Gasteiger charge is 2.33. The summed E-state index contributed by atoms with van der Waals surface area (Å²) in [6.45, 7) is 6.25. The predicted molar refractivity (Wildman–Crippen MR) is 166 cm³/mol. The number of nitrogens with zero attached hydrogens (tertiary/aromatic N) is 4. The normalized spacial score (nSPS) is 15.0. The van der Waals surface area contributed by atoms with Crippen molar-refractivity contribution in [2.75, 3.05) is 6.61 Å². The minimum Gasteiger partial charge on any atom is -0.463 e. The van der Waals surface area contributed by atoms with Crippen LogP contribution in [0, 0.1) is 17.0 Å². The molecule has 9 nitrogen and oxygen atoms in total. The van der Waals surface area contributed by atoms with Gasteiger partial charge in [0.25, 0.3) is 11.2 Å². The Bertz CT molecular complexity index is 2100. The smallest absolute Gasteiger partial charge is 0.338 e. The predicted octanol–water partition coefficient (Wildman–Crippen LogP) is 5.02. The number of benzene rings is 3. The monoisotopic (exact) mass is 592 g/mol. The molecule has 0 aliphatic carbocycles. The zero-order chi connectivity index (χ0) is 30.2. The summed E-state index contributed by atoms with van der Waals surface area (Å²) in [6.07, 6.45) is 1.90. The van der Waals surface area contributed by atoms with E-state index < -0.39 is 16.9 Å². The first-order valence-electron chi connectivity index (χ1n) is 13.8. The number of aromatic nitrogens is 2.